The van der Waals surface area contributed by atoms with Crippen molar-refractivity contribution in [2.24, 2.45) is 0 Å². The predicted molar refractivity (Wildman–Crippen MR) is 120 cm³/mol. The van der Waals surface area contributed by atoms with E-state index < -0.39 is 33.8 Å². The Morgan fingerprint density at radius 3 is 1.72 bits per heavy atom. The van der Waals surface area contributed by atoms with Gasteiger partial charge in [0.05, 0.1) is 0 Å². The maximum absolute atomic E-state index is 6.71. The maximum Gasteiger partial charge on any atom is 0.315 e. The summed E-state index contributed by atoms with van der Waals surface area (Å²) < 4.78 is 19.8. The fraction of sp³-hybridized carbons (Fsp3) is 1.00. The van der Waals surface area contributed by atoms with Crippen molar-refractivity contribution in [3.05, 3.63) is 0 Å². The minimum atomic E-state index is -2.24. The van der Waals surface area contributed by atoms with Gasteiger partial charge in [0.2, 0.25) is 0 Å². The minimum absolute atomic E-state index is 1.02. The average Bonchev–Trinajstić information content (AvgIpc) is 2.29. The highest BCUT2D eigenvalue weighted by Crippen LogP contribution is 2.27. The lowest BCUT2D eigenvalue weighted by molar-refractivity contribution is 0.307. The molecule has 0 aromatic heterocycles. The second-order valence-corrected chi connectivity index (χ2v) is 26.0. The molecule has 1 unspecified atom stereocenters. The quantitative estimate of drug-likeness (QED) is 0.452. The summed E-state index contributed by atoms with van der Waals surface area (Å²) in [6, 6.07) is 1.03. The molecule has 0 bridgehead atoms. The Balaban J connectivity index is 4.89. The molecule has 0 saturated heterocycles. The zero-order chi connectivity index (χ0) is 19.9. The van der Waals surface area contributed by atoms with Crippen molar-refractivity contribution in [2.75, 3.05) is 33.7 Å². The molecule has 0 amide bonds. The Labute approximate surface area is 161 Å². The Hall–Kier alpha value is 0.668. The van der Waals surface area contributed by atoms with Crippen LogP contribution in [0.5, 0.6) is 0 Å². The van der Waals surface area contributed by atoms with E-state index in [9.17, 15) is 0 Å². The van der Waals surface area contributed by atoms with E-state index in [4.69, 9.17) is 12.3 Å². The van der Waals surface area contributed by atoms with Crippen molar-refractivity contribution in [2.45, 2.75) is 71.4 Å². The standard InChI is InChI=1S/C16H44N2O3Si4/c1-17-13-15-18(2)14-12-16-25(11,20-23(6,7)8)21-24(9,10)19-22(3,4)5/h17H,12-16H2,1-11H3. The molecule has 0 saturated carbocycles. The Morgan fingerprint density at radius 1 is 0.760 bits per heavy atom. The van der Waals surface area contributed by atoms with Crippen LogP contribution in [0.2, 0.25) is 65.0 Å². The van der Waals surface area contributed by atoms with Gasteiger partial charge in [0.25, 0.3) is 0 Å². The molecule has 0 aromatic carbocycles. The summed E-state index contributed by atoms with van der Waals surface area (Å²) in [6.07, 6.45) is 1.12. The molecule has 0 heterocycles. The van der Waals surface area contributed by atoms with Gasteiger partial charge < -0.3 is 22.6 Å². The molecule has 9 heteroatoms. The molecule has 0 rings (SSSR count). The number of nitrogens with one attached hydrogen (secondary N) is 1. The number of hydrogen-bond donors (Lipinski definition) is 1. The zero-order valence-electron chi connectivity index (χ0n) is 18.7. The van der Waals surface area contributed by atoms with Gasteiger partial charge in [-0.1, -0.05) is 0 Å². The van der Waals surface area contributed by atoms with Gasteiger partial charge in [0.1, 0.15) is 0 Å². The van der Waals surface area contributed by atoms with E-state index in [1.807, 2.05) is 7.05 Å². The third-order valence-corrected chi connectivity index (χ3v) is 17.0. The van der Waals surface area contributed by atoms with E-state index in [2.05, 4.69) is 76.2 Å². The van der Waals surface area contributed by atoms with Crippen molar-refractivity contribution in [1.29, 1.82) is 0 Å². The van der Waals surface area contributed by atoms with Crippen molar-refractivity contribution in [1.82, 2.24) is 10.2 Å². The molecule has 0 aliphatic carbocycles. The lowest BCUT2D eigenvalue weighted by Gasteiger charge is -2.41. The molecule has 25 heavy (non-hydrogen) atoms. The van der Waals surface area contributed by atoms with Gasteiger partial charge in [0.15, 0.2) is 16.6 Å². The van der Waals surface area contributed by atoms with Crippen LogP contribution < -0.4 is 5.32 Å². The highest BCUT2D eigenvalue weighted by Gasteiger charge is 2.44. The van der Waals surface area contributed by atoms with Crippen LogP contribution in [0.25, 0.3) is 0 Å². The molecule has 0 fully saturated rings. The third kappa shape index (κ3) is 14.4. The number of hydrogen-bond acceptors (Lipinski definition) is 5. The van der Waals surface area contributed by atoms with Crippen LogP contribution in [0.4, 0.5) is 0 Å². The van der Waals surface area contributed by atoms with Crippen molar-refractivity contribution in [3.8, 4) is 0 Å². The van der Waals surface area contributed by atoms with E-state index in [0.29, 0.717) is 0 Å². The van der Waals surface area contributed by atoms with E-state index >= 15 is 0 Å². The molecule has 0 spiro atoms. The smallest absolute Gasteiger partial charge is 0.315 e. The molecule has 1 atom stereocenters. The normalized spacial score (nSPS) is 16.3. The summed E-state index contributed by atoms with van der Waals surface area (Å²) in [7, 11) is -3.51. The molecule has 5 nitrogen and oxygen atoms in total. The Kier molecular flexibility index (Phi) is 10.6. The second-order valence-electron chi connectivity index (χ2n) is 9.57. The van der Waals surface area contributed by atoms with Crippen LogP contribution in [0.1, 0.15) is 6.42 Å². The van der Waals surface area contributed by atoms with Gasteiger partial charge >= 0.3 is 17.1 Å². The molecular formula is C16H44N2O3Si4. The minimum Gasteiger partial charge on any atom is -0.437 e. The lowest BCUT2D eigenvalue weighted by Crippen LogP contribution is -2.56. The second kappa shape index (κ2) is 10.3. The average molecular weight is 425 g/mol. The van der Waals surface area contributed by atoms with Gasteiger partial charge in [-0.2, -0.15) is 0 Å². The van der Waals surface area contributed by atoms with Crippen LogP contribution in [0.3, 0.4) is 0 Å². The first-order chi connectivity index (χ1) is 11.1. The van der Waals surface area contributed by atoms with Crippen LogP contribution in [0, 0.1) is 0 Å². The van der Waals surface area contributed by atoms with Gasteiger partial charge in [-0.05, 0) is 92.0 Å². The molecule has 0 aliphatic rings. The first-order valence-electron chi connectivity index (χ1n) is 9.51. The molecule has 1 N–H and O–H groups in total. The summed E-state index contributed by atoms with van der Waals surface area (Å²) in [6.45, 7) is 23.3. The summed E-state index contributed by atoms with van der Waals surface area (Å²) in [4.78, 5) is 2.38. The molecular weight excluding hydrogens is 381 g/mol. The van der Waals surface area contributed by atoms with Gasteiger partial charge in [-0.3, -0.25) is 0 Å². The topological polar surface area (TPSA) is 43.0 Å². The first kappa shape index (κ1) is 25.7. The van der Waals surface area contributed by atoms with Gasteiger partial charge in [0, 0.05) is 13.1 Å². The molecule has 152 valence electrons. The van der Waals surface area contributed by atoms with Crippen molar-refractivity contribution >= 4 is 33.8 Å². The molecule has 0 radical (unpaired) electrons. The Bertz CT molecular complexity index is 387. The maximum atomic E-state index is 6.71. The number of nitrogens with zero attached hydrogens (tertiary/aromatic N) is 1. The lowest BCUT2D eigenvalue weighted by atomic mass is 10.4. The summed E-state index contributed by atoms with van der Waals surface area (Å²) in [5.41, 5.74) is 0. The van der Waals surface area contributed by atoms with Crippen LogP contribution in [-0.4, -0.2) is 72.4 Å². The fourth-order valence-corrected chi connectivity index (χ4v) is 21.1. The van der Waals surface area contributed by atoms with Crippen molar-refractivity contribution in [3.63, 3.8) is 0 Å². The van der Waals surface area contributed by atoms with E-state index in [0.717, 1.165) is 32.1 Å². The molecule has 0 aliphatic heterocycles. The SMILES string of the molecule is CNCCN(C)CCC[Si](C)(O[Si](C)(C)C)O[Si](C)(C)O[Si](C)(C)C. The monoisotopic (exact) mass is 424 g/mol. The van der Waals surface area contributed by atoms with Crippen LogP contribution in [-0.2, 0) is 12.3 Å². The fourth-order valence-electron chi connectivity index (χ4n) is 3.13. The number of likely N-dealkylation sites (N-methyl/N-ethyl adjacent to an activating group) is 2. The van der Waals surface area contributed by atoms with Crippen LogP contribution in [0.15, 0.2) is 0 Å². The van der Waals surface area contributed by atoms with E-state index in [1.54, 1.807) is 0 Å². The van der Waals surface area contributed by atoms with Gasteiger partial charge in [-0.15, -0.1) is 0 Å². The van der Waals surface area contributed by atoms with Crippen molar-refractivity contribution < 1.29 is 12.3 Å². The van der Waals surface area contributed by atoms with E-state index in [1.165, 1.54) is 0 Å². The summed E-state index contributed by atoms with van der Waals surface area (Å²) >= 11 is 0. The first-order valence-corrected chi connectivity index (χ1v) is 21.7. The summed E-state index contributed by atoms with van der Waals surface area (Å²) in [5.74, 6) is 0. The van der Waals surface area contributed by atoms with Gasteiger partial charge in [-0.25, -0.2) is 0 Å². The highest BCUT2D eigenvalue weighted by atomic mass is 28.5. The zero-order valence-corrected chi connectivity index (χ0v) is 22.7. The largest absolute Gasteiger partial charge is 0.437 e. The predicted octanol–water partition coefficient (Wildman–Crippen LogP) is 4.02. The van der Waals surface area contributed by atoms with Crippen LogP contribution >= 0.6 is 0 Å². The summed E-state index contributed by atoms with van der Waals surface area (Å²) in [5, 5.41) is 3.21. The van der Waals surface area contributed by atoms with E-state index in [-0.39, 0.29) is 0 Å². The number of rotatable bonds is 13. The Morgan fingerprint density at radius 2 is 1.28 bits per heavy atom. The third-order valence-electron chi connectivity index (χ3n) is 3.45. The molecule has 0 aromatic rings. The highest BCUT2D eigenvalue weighted by molar-refractivity contribution is 6.89.